The largest absolute Gasteiger partial charge is 0.504 e. The molecule has 1 aromatic rings. The fraction of sp³-hybridized carbons (Fsp3) is 0.600. The van der Waals surface area contributed by atoms with Crippen molar-refractivity contribution in [2.75, 3.05) is 19.6 Å². The summed E-state index contributed by atoms with van der Waals surface area (Å²) in [4.78, 5) is 2.54. The first-order valence-electron chi connectivity index (χ1n) is 6.96. The molecule has 0 aromatic heterocycles. The van der Waals surface area contributed by atoms with Crippen molar-refractivity contribution < 1.29 is 10.2 Å². The summed E-state index contributed by atoms with van der Waals surface area (Å²) in [6.07, 6.45) is 3.23. The van der Waals surface area contributed by atoms with Crippen LogP contribution in [0.25, 0.3) is 0 Å². The second-order valence-corrected chi connectivity index (χ2v) is 5.67. The smallest absolute Gasteiger partial charge is 0.160 e. The maximum absolute atomic E-state index is 9.97. The molecular formula is C15H21NO2. The molecule has 1 aliphatic heterocycles. The van der Waals surface area contributed by atoms with E-state index in [1.54, 1.807) is 6.07 Å². The van der Waals surface area contributed by atoms with Crippen LogP contribution in [0.2, 0.25) is 0 Å². The highest BCUT2D eigenvalue weighted by Gasteiger charge is 2.38. The van der Waals surface area contributed by atoms with Crippen LogP contribution in [-0.4, -0.2) is 34.7 Å². The first-order chi connectivity index (χ1) is 8.70. The Bertz CT molecular complexity index is 458. The van der Waals surface area contributed by atoms with Crippen LogP contribution in [0.4, 0.5) is 0 Å². The number of hydrogen-bond acceptors (Lipinski definition) is 3. The molecule has 1 heterocycles. The minimum absolute atomic E-state index is 0.0237. The van der Waals surface area contributed by atoms with E-state index < -0.39 is 0 Å². The van der Waals surface area contributed by atoms with Gasteiger partial charge in [-0.2, -0.15) is 0 Å². The second-order valence-electron chi connectivity index (χ2n) is 5.67. The molecule has 0 bridgehead atoms. The van der Waals surface area contributed by atoms with Crippen LogP contribution in [0.3, 0.4) is 0 Å². The van der Waals surface area contributed by atoms with E-state index in [-0.39, 0.29) is 11.5 Å². The van der Waals surface area contributed by atoms with Crippen molar-refractivity contribution >= 4 is 0 Å². The monoisotopic (exact) mass is 247 g/mol. The molecule has 2 aliphatic rings. The summed E-state index contributed by atoms with van der Waals surface area (Å²) < 4.78 is 0. The van der Waals surface area contributed by atoms with Gasteiger partial charge in [-0.25, -0.2) is 0 Å². The molecule has 2 N–H and O–H groups in total. The van der Waals surface area contributed by atoms with Gasteiger partial charge in [0.2, 0.25) is 0 Å². The minimum atomic E-state index is 0.0237. The molecule has 0 amide bonds. The fourth-order valence-corrected chi connectivity index (χ4v) is 3.68. The molecule has 0 radical (unpaired) electrons. The lowest BCUT2D eigenvalue weighted by atomic mass is 9.77. The first kappa shape index (κ1) is 11.8. The predicted molar refractivity (Wildman–Crippen MR) is 71.1 cm³/mol. The highest BCUT2D eigenvalue weighted by atomic mass is 16.3. The van der Waals surface area contributed by atoms with Crippen LogP contribution in [-0.2, 0) is 6.42 Å². The number of phenols is 2. The zero-order valence-corrected chi connectivity index (χ0v) is 10.9. The van der Waals surface area contributed by atoms with Gasteiger partial charge in [-0.05, 0) is 43.4 Å². The third-order valence-corrected chi connectivity index (χ3v) is 4.52. The van der Waals surface area contributed by atoms with Crippen LogP contribution in [0.15, 0.2) is 12.1 Å². The van der Waals surface area contributed by atoms with E-state index in [1.807, 2.05) is 6.07 Å². The molecule has 2 unspecified atom stereocenters. The van der Waals surface area contributed by atoms with Crippen molar-refractivity contribution in [3.63, 3.8) is 0 Å². The number of hydrogen-bond donors (Lipinski definition) is 2. The molecular weight excluding hydrogens is 226 g/mol. The van der Waals surface area contributed by atoms with Crippen molar-refractivity contribution in [1.82, 2.24) is 4.90 Å². The van der Waals surface area contributed by atoms with Crippen LogP contribution in [0.5, 0.6) is 11.5 Å². The van der Waals surface area contributed by atoms with Gasteiger partial charge in [0.25, 0.3) is 0 Å². The number of rotatable bonds is 2. The quantitative estimate of drug-likeness (QED) is 0.789. The van der Waals surface area contributed by atoms with E-state index in [4.69, 9.17) is 0 Å². The van der Waals surface area contributed by atoms with E-state index >= 15 is 0 Å². The Morgan fingerprint density at radius 3 is 2.89 bits per heavy atom. The van der Waals surface area contributed by atoms with Gasteiger partial charge < -0.3 is 15.1 Å². The zero-order chi connectivity index (χ0) is 12.7. The van der Waals surface area contributed by atoms with Crippen LogP contribution in [0, 0.1) is 5.92 Å². The molecule has 1 fully saturated rings. The molecule has 3 rings (SSSR count). The zero-order valence-electron chi connectivity index (χ0n) is 10.9. The van der Waals surface area contributed by atoms with Gasteiger partial charge >= 0.3 is 0 Å². The summed E-state index contributed by atoms with van der Waals surface area (Å²) in [5, 5.41) is 19.6. The molecule has 3 heteroatoms. The molecule has 1 saturated heterocycles. The molecule has 18 heavy (non-hydrogen) atoms. The first-order valence-corrected chi connectivity index (χ1v) is 6.96. The summed E-state index contributed by atoms with van der Waals surface area (Å²) in [6, 6.07) is 3.65. The fourth-order valence-electron chi connectivity index (χ4n) is 3.68. The highest BCUT2D eigenvalue weighted by molar-refractivity contribution is 5.51. The number of benzene rings is 1. The van der Waals surface area contributed by atoms with Crippen molar-refractivity contribution in [2.24, 2.45) is 5.92 Å². The predicted octanol–water partition coefficient (Wildman–Crippen LogP) is 2.47. The lowest BCUT2D eigenvalue weighted by Gasteiger charge is -2.28. The molecule has 0 spiro atoms. The van der Waals surface area contributed by atoms with Gasteiger partial charge in [0.15, 0.2) is 11.5 Å². The molecule has 2 atom stereocenters. The Kier molecular flexibility index (Phi) is 2.94. The number of phenolic OH excluding ortho intramolecular Hbond substituents is 2. The van der Waals surface area contributed by atoms with Gasteiger partial charge in [-0.1, -0.05) is 13.0 Å². The average Bonchev–Trinajstić information content (AvgIpc) is 2.77. The summed E-state index contributed by atoms with van der Waals surface area (Å²) in [5.74, 6) is 1.41. The molecule has 1 aromatic carbocycles. The van der Waals surface area contributed by atoms with Gasteiger partial charge in [-0.15, -0.1) is 0 Å². The van der Waals surface area contributed by atoms with Crippen molar-refractivity contribution in [1.29, 1.82) is 0 Å². The Morgan fingerprint density at radius 2 is 2.11 bits per heavy atom. The van der Waals surface area contributed by atoms with Crippen LogP contribution >= 0.6 is 0 Å². The van der Waals surface area contributed by atoms with Gasteiger partial charge in [0.05, 0.1) is 0 Å². The molecule has 0 saturated carbocycles. The average molecular weight is 247 g/mol. The summed E-state index contributed by atoms with van der Waals surface area (Å²) in [7, 11) is 0. The number of fused-ring (bicyclic) bond motifs is 3. The van der Waals surface area contributed by atoms with Gasteiger partial charge in [-0.3, -0.25) is 0 Å². The minimum Gasteiger partial charge on any atom is -0.504 e. The topological polar surface area (TPSA) is 43.7 Å². The third kappa shape index (κ3) is 1.77. The summed E-state index contributed by atoms with van der Waals surface area (Å²) in [6.45, 7) is 5.70. The number of nitrogens with zero attached hydrogens (tertiary/aromatic N) is 1. The van der Waals surface area contributed by atoms with Gasteiger partial charge in [0.1, 0.15) is 0 Å². The van der Waals surface area contributed by atoms with Crippen LogP contribution < -0.4 is 0 Å². The number of aromatic hydroxyl groups is 2. The van der Waals surface area contributed by atoms with E-state index in [9.17, 15) is 10.2 Å². The van der Waals surface area contributed by atoms with Crippen molar-refractivity contribution in [3.05, 3.63) is 23.3 Å². The summed E-state index contributed by atoms with van der Waals surface area (Å²) in [5.41, 5.74) is 2.25. The number of likely N-dealkylation sites (tertiary alicyclic amines) is 1. The molecule has 3 nitrogen and oxygen atoms in total. The maximum atomic E-state index is 9.97. The summed E-state index contributed by atoms with van der Waals surface area (Å²) >= 11 is 0. The second kappa shape index (κ2) is 4.47. The Hall–Kier alpha value is -1.22. The van der Waals surface area contributed by atoms with E-state index in [1.165, 1.54) is 25.1 Å². The standard InChI is InChI=1S/C15H21NO2/c1-2-7-16-8-10-3-4-12-11(13(10)9-16)5-6-14(17)15(12)18/h5-6,10,13,17-18H,2-4,7-9H2,1H3. The van der Waals surface area contributed by atoms with Crippen molar-refractivity contribution in [2.45, 2.75) is 32.1 Å². The normalized spacial score (nSPS) is 26.9. The lowest BCUT2D eigenvalue weighted by Crippen LogP contribution is -2.21. The Morgan fingerprint density at radius 1 is 1.28 bits per heavy atom. The maximum Gasteiger partial charge on any atom is 0.160 e. The van der Waals surface area contributed by atoms with Crippen molar-refractivity contribution in [3.8, 4) is 11.5 Å². The molecule has 1 aliphatic carbocycles. The Balaban J connectivity index is 1.92. The van der Waals surface area contributed by atoms with Crippen LogP contribution in [0.1, 0.15) is 36.8 Å². The van der Waals surface area contributed by atoms with E-state index in [2.05, 4.69) is 11.8 Å². The van der Waals surface area contributed by atoms with E-state index in [0.29, 0.717) is 5.92 Å². The highest BCUT2D eigenvalue weighted by Crippen LogP contribution is 2.46. The Labute approximate surface area is 108 Å². The molecule has 98 valence electrons. The van der Waals surface area contributed by atoms with Gasteiger partial charge in [0, 0.05) is 24.6 Å². The lowest BCUT2D eigenvalue weighted by molar-refractivity contribution is 0.321. The van der Waals surface area contributed by atoms with E-state index in [0.717, 1.165) is 30.9 Å². The third-order valence-electron chi connectivity index (χ3n) is 4.52. The SMILES string of the molecule is CCCN1CC2CCc3c(ccc(O)c3O)C2C1.